The minimum Gasteiger partial charge on any atom is -0.476 e. The summed E-state index contributed by atoms with van der Waals surface area (Å²) in [5, 5.41) is 17.0. The van der Waals surface area contributed by atoms with Crippen LogP contribution in [0.3, 0.4) is 0 Å². The molecule has 0 unspecified atom stereocenters. The van der Waals surface area contributed by atoms with E-state index >= 15 is 0 Å². The van der Waals surface area contributed by atoms with E-state index in [1.54, 1.807) is 4.68 Å². The first-order valence-corrected chi connectivity index (χ1v) is 7.13. The van der Waals surface area contributed by atoms with Crippen molar-refractivity contribution in [3.8, 4) is 5.69 Å². The molecule has 1 aromatic carbocycles. The van der Waals surface area contributed by atoms with Crippen molar-refractivity contribution >= 4 is 5.97 Å². The van der Waals surface area contributed by atoms with E-state index in [0.717, 1.165) is 12.1 Å². The van der Waals surface area contributed by atoms with Crippen LogP contribution in [0.5, 0.6) is 0 Å². The maximum atomic E-state index is 11.2. The molecule has 1 aromatic heterocycles. The third-order valence-corrected chi connectivity index (χ3v) is 3.43. The second-order valence-electron chi connectivity index (χ2n) is 6.15. The van der Waals surface area contributed by atoms with Crippen LogP contribution >= 0.6 is 0 Å². The second kappa shape index (κ2) is 5.68. The molecule has 0 saturated heterocycles. The van der Waals surface area contributed by atoms with Crippen LogP contribution in [0.25, 0.3) is 5.69 Å². The van der Waals surface area contributed by atoms with Gasteiger partial charge < -0.3 is 5.11 Å². The fourth-order valence-corrected chi connectivity index (χ4v) is 2.24. The minimum absolute atomic E-state index is 0.0387. The molecule has 2 rings (SSSR count). The molecule has 0 bridgehead atoms. The molecular formula is C16H21N3O2. The van der Waals surface area contributed by atoms with Crippen LogP contribution in [0.2, 0.25) is 0 Å². The van der Waals surface area contributed by atoms with Crippen LogP contribution in [0.4, 0.5) is 0 Å². The van der Waals surface area contributed by atoms with Crippen LogP contribution < -0.4 is 0 Å². The van der Waals surface area contributed by atoms with Crippen molar-refractivity contribution in [3.63, 3.8) is 0 Å². The zero-order valence-corrected chi connectivity index (χ0v) is 12.9. The van der Waals surface area contributed by atoms with Crippen molar-refractivity contribution in [2.45, 2.75) is 46.0 Å². The number of carboxylic acids is 1. The summed E-state index contributed by atoms with van der Waals surface area (Å²) in [5.74, 6) is -1.03. The SMILES string of the molecule is CCCc1c(C(=O)O)nnn1-c1ccc(C(C)(C)C)cc1. The molecule has 0 fully saturated rings. The highest BCUT2D eigenvalue weighted by Crippen LogP contribution is 2.24. The lowest BCUT2D eigenvalue weighted by Crippen LogP contribution is -2.11. The number of aromatic carboxylic acids is 1. The smallest absolute Gasteiger partial charge is 0.358 e. The Bertz CT molecular complexity index is 637. The average molecular weight is 287 g/mol. The average Bonchev–Trinajstić information content (AvgIpc) is 2.82. The summed E-state index contributed by atoms with van der Waals surface area (Å²) in [4.78, 5) is 11.2. The highest BCUT2D eigenvalue weighted by Gasteiger charge is 2.19. The highest BCUT2D eigenvalue weighted by molar-refractivity contribution is 5.86. The van der Waals surface area contributed by atoms with E-state index in [-0.39, 0.29) is 11.1 Å². The van der Waals surface area contributed by atoms with E-state index in [1.165, 1.54) is 5.56 Å². The Morgan fingerprint density at radius 2 is 1.86 bits per heavy atom. The van der Waals surface area contributed by atoms with Crippen LogP contribution in [-0.2, 0) is 11.8 Å². The van der Waals surface area contributed by atoms with Crippen molar-refractivity contribution < 1.29 is 9.90 Å². The zero-order valence-electron chi connectivity index (χ0n) is 12.9. The maximum absolute atomic E-state index is 11.2. The Labute approximate surface area is 124 Å². The Balaban J connectivity index is 2.44. The third kappa shape index (κ3) is 3.12. The number of rotatable bonds is 4. The third-order valence-electron chi connectivity index (χ3n) is 3.43. The lowest BCUT2D eigenvalue weighted by atomic mass is 9.87. The Kier molecular flexibility index (Phi) is 4.11. The van der Waals surface area contributed by atoms with E-state index in [0.29, 0.717) is 12.1 Å². The lowest BCUT2D eigenvalue weighted by Gasteiger charge is -2.19. The largest absolute Gasteiger partial charge is 0.476 e. The maximum Gasteiger partial charge on any atom is 0.358 e. The van der Waals surface area contributed by atoms with E-state index in [9.17, 15) is 9.90 Å². The number of aromatic nitrogens is 3. The summed E-state index contributed by atoms with van der Waals surface area (Å²) in [7, 11) is 0. The van der Waals surface area contributed by atoms with E-state index < -0.39 is 5.97 Å². The number of nitrogens with zero attached hydrogens (tertiary/aromatic N) is 3. The van der Waals surface area contributed by atoms with Gasteiger partial charge in [0, 0.05) is 0 Å². The molecule has 21 heavy (non-hydrogen) atoms. The summed E-state index contributed by atoms with van der Waals surface area (Å²) in [6.07, 6.45) is 1.48. The molecule has 0 radical (unpaired) electrons. The molecule has 1 N–H and O–H groups in total. The molecule has 5 nitrogen and oxygen atoms in total. The Morgan fingerprint density at radius 3 is 2.33 bits per heavy atom. The van der Waals surface area contributed by atoms with Gasteiger partial charge in [-0.2, -0.15) is 0 Å². The summed E-state index contributed by atoms with van der Waals surface area (Å²) in [5.41, 5.74) is 2.83. The van der Waals surface area contributed by atoms with Crippen molar-refractivity contribution in [1.29, 1.82) is 0 Å². The van der Waals surface area contributed by atoms with Crippen LogP contribution in [0.1, 0.15) is 55.9 Å². The summed E-state index contributed by atoms with van der Waals surface area (Å²) < 4.78 is 1.62. The molecule has 0 aliphatic carbocycles. The lowest BCUT2D eigenvalue weighted by molar-refractivity contribution is 0.0689. The molecule has 0 saturated carbocycles. The van der Waals surface area contributed by atoms with Crippen molar-refractivity contribution in [3.05, 3.63) is 41.2 Å². The molecule has 0 spiro atoms. The van der Waals surface area contributed by atoms with Gasteiger partial charge in [-0.05, 0) is 29.5 Å². The number of benzene rings is 1. The Hall–Kier alpha value is -2.17. The van der Waals surface area contributed by atoms with Crippen molar-refractivity contribution in [2.24, 2.45) is 0 Å². The van der Waals surface area contributed by atoms with E-state index in [1.807, 2.05) is 31.2 Å². The molecule has 0 amide bonds. The van der Waals surface area contributed by atoms with E-state index in [4.69, 9.17) is 0 Å². The van der Waals surface area contributed by atoms with Crippen LogP contribution in [0.15, 0.2) is 24.3 Å². The molecule has 112 valence electrons. The molecule has 1 heterocycles. The van der Waals surface area contributed by atoms with Gasteiger partial charge in [0.05, 0.1) is 11.4 Å². The normalized spacial score (nSPS) is 11.6. The summed E-state index contributed by atoms with van der Waals surface area (Å²) >= 11 is 0. The van der Waals surface area contributed by atoms with E-state index in [2.05, 4.69) is 31.1 Å². The predicted octanol–water partition coefficient (Wildman–Crippen LogP) is 3.22. The number of carboxylic acid groups (broad SMARTS) is 1. The van der Waals surface area contributed by atoms with Gasteiger partial charge in [-0.25, -0.2) is 9.48 Å². The molecule has 0 aliphatic heterocycles. The van der Waals surface area contributed by atoms with Gasteiger partial charge >= 0.3 is 5.97 Å². The van der Waals surface area contributed by atoms with Gasteiger partial charge in [-0.3, -0.25) is 0 Å². The fourth-order valence-electron chi connectivity index (χ4n) is 2.24. The van der Waals surface area contributed by atoms with Gasteiger partial charge in [0.2, 0.25) is 0 Å². The molecule has 5 heteroatoms. The van der Waals surface area contributed by atoms with Crippen molar-refractivity contribution in [2.75, 3.05) is 0 Å². The van der Waals surface area contributed by atoms with Gasteiger partial charge in [0.25, 0.3) is 0 Å². The number of hydrogen-bond acceptors (Lipinski definition) is 3. The fraction of sp³-hybridized carbons (Fsp3) is 0.438. The highest BCUT2D eigenvalue weighted by atomic mass is 16.4. The monoisotopic (exact) mass is 287 g/mol. The van der Waals surface area contributed by atoms with Gasteiger partial charge in [-0.15, -0.1) is 5.10 Å². The Morgan fingerprint density at radius 1 is 1.24 bits per heavy atom. The molecule has 0 aliphatic rings. The second-order valence-corrected chi connectivity index (χ2v) is 6.15. The molecule has 2 aromatic rings. The standard InChI is InChI=1S/C16H21N3O2/c1-5-6-13-14(15(20)21)17-18-19(13)12-9-7-11(8-10-12)16(2,3)4/h7-10H,5-6H2,1-4H3,(H,20,21). The van der Waals surface area contributed by atoms with Gasteiger partial charge in [0.1, 0.15) is 0 Å². The summed E-state index contributed by atoms with van der Waals surface area (Å²) in [6.45, 7) is 8.47. The quantitative estimate of drug-likeness (QED) is 0.937. The first kappa shape index (κ1) is 15.2. The van der Waals surface area contributed by atoms with Gasteiger partial charge in [0.15, 0.2) is 5.69 Å². The molecular weight excluding hydrogens is 266 g/mol. The summed E-state index contributed by atoms with van der Waals surface area (Å²) in [6, 6.07) is 8.01. The first-order valence-electron chi connectivity index (χ1n) is 7.13. The van der Waals surface area contributed by atoms with Gasteiger partial charge in [-0.1, -0.05) is 51.5 Å². The minimum atomic E-state index is -1.03. The molecule has 0 atom stereocenters. The topological polar surface area (TPSA) is 68.0 Å². The first-order chi connectivity index (χ1) is 9.84. The van der Waals surface area contributed by atoms with Crippen LogP contribution in [-0.4, -0.2) is 26.1 Å². The number of hydrogen-bond donors (Lipinski definition) is 1. The predicted molar refractivity (Wildman–Crippen MR) is 81.0 cm³/mol. The van der Waals surface area contributed by atoms with Crippen LogP contribution in [0, 0.1) is 0 Å². The number of carbonyl (C=O) groups is 1. The van der Waals surface area contributed by atoms with Crippen molar-refractivity contribution in [1.82, 2.24) is 15.0 Å². The zero-order chi connectivity index (χ0) is 15.6.